The number of rotatable bonds is 4. The van der Waals surface area contributed by atoms with E-state index in [0.29, 0.717) is 6.42 Å². The molecule has 0 aromatic rings. The Morgan fingerprint density at radius 1 is 1.35 bits per heavy atom. The number of hydrogen-bond acceptors (Lipinski definition) is 3. The second-order valence-corrected chi connectivity index (χ2v) is 5.15. The number of carboxylic acid groups (broad SMARTS) is 1. The minimum Gasteiger partial charge on any atom is -0.480 e. The SMILES string of the molecule is CC(C)CC(C(=O)O)N1C(=O)CC(C)CC1=O. The number of aliphatic carboxylic acids is 1. The number of likely N-dealkylation sites (tertiary alicyclic amines) is 1. The molecule has 0 saturated carbocycles. The highest BCUT2D eigenvalue weighted by atomic mass is 16.4. The Kier molecular flexibility index (Phi) is 4.26. The van der Waals surface area contributed by atoms with Gasteiger partial charge in [0.05, 0.1) is 0 Å². The van der Waals surface area contributed by atoms with Crippen LogP contribution in [0.25, 0.3) is 0 Å². The Bertz CT molecular complexity index is 319. The van der Waals surface area contributed by atoms with Gasteiger partial charge in [-0.25, -0.2) is 4.79 Å². The average Bonchev–Trinajstić information content (AvgIpc) is 2.13. The van der Waals surface area contributed by atoms with E-state index in [2.05, 4.69) is 0 Å². The van der Waals surface area contributed by atoms with E-state index in [1.54, 1.807) is 0 Å². The first kappa shape index (κ1) is 13.7. The molecule has 1 atom stereocenters. The summed E-state index contributed by atoms with van der Waals surface area (Å²) < 4.78 is 0. The monoisotopic (exact) mass is 241 g/mol. The molecule has 17 heavy (non-hydrogen) atoms. The van der Waals surface area contributed by atoms with E-state index in [-0.39, 0.29) is 36.5 Å². The van der Waals surface area contributed by atoms with Crippen LogP contribution in [0.2, 0.25) is 0 Å². The average molecular weight is 241 g/mol. The Balaban J connectivity index is 2.89. The lowest BCUT2D eigenvalue weighted by atomic mass is 9.94. The van der Waals surface area contributed by atoms with Crippen molar-refractivity contribution in [2.75, 3.05) is 0 Å². The van der Waals surface area contributed by atoms with Crippen molar-refractivity contribution in [3.63, 3.8) is 0 Å². The van der Waals surface area contributed by atoms with Gasteiger partial charge in [-0.3, -0.25) is 14.5 Å². The van der Waals surface area contributed by atoms with Gasteiger partial charge in [0.1, 0.15) is 6.04 Å². The molecular formula is C12H19NO4. The first-order valence-corrected chi connectivity index (χ1v) is 5.90. The minimum atomic E-state index is -1.10. The van der Waals surface area contributed by atoms with E-state index in [0.717, 1.165) is 4.90 Å². The number of carboxylic acids is 1. The van der Waals surface area contributed by atoms with Gasteiger partial charge < -0.3 is 5.11 Å². The van der Waals surface area contributed by atoms with Crippen molar-refractivity contribution in [1.29, 1.82) is 0 Å². The Morgan fingerprint density at radius 2 is 1.82 bits per heavy atom. The standard InChI is InChI=1S/C12H19NO4/c1-7(2)4-9(12(16)17)13-10(14)5-8(3)6-11(13)15/h7-9H,4-6H2,1-3H3,(H,16,17). The molecule has 1 fully saturated rings. The molecule has 0 radical (unpaired) electrons. The highest BCUT2D eigenvalue weighted by Gasteiger charge is 2.38. The minimum absolute atomic E-state index is 0.0137. The van der Waals surface area contributed by atoms with Gasteiger partial charge in [-0.15, -0.1) is 0 Å². The zero-order valence-corrected chi connectivity index (χ0v) is 10.5. The third-order valence-electron chi connectivity index (χ3n) is 2.87. The van der Waals surface area contributed by atoms with Gasteiger partial charge in [0.25, 0.3) is 0 Å². The van der Waals surface area contributed by atoms with Crippen LogP contribution in [0, 0.1) is 11.8 Å². The molecule has 2 amide bonds. The van der Waals surface area contributed by atoms with Crippen LogP contribution in [0.4, 0.5) is 0 Å². The molecule has 0 aromatic carbocycles. The summed E-state index contributed by atoms with van der Waals surface area (Å²) in [7, 11) is 0. The predicted octanol–water partition coefficient (Wildman–Crippen LogP) is 1.27. The molecule has 1 aliphatic rings. The number of piperidine rings is 1. The molecule has 0 spiro atoms. The smallest absolute Gasteiger partial charge is 0.326 e. The van der Waals surface area contributed by atoms with Gasteiger partial charge in [-0.1, -0.05) is 20.8 Å². The summed E-state index contributed by atoms with van der Waals surface area (Å²) in [6, 6.07) is -1.01. The van der Waals surface area contributed by atoms with Crippen LogP contribution >= 0.6 is 0 Å². The van der Waals surface area contributed by atoms with Crippen molar-refractivity contribution >= 4 is 17.8 Å². The summed E-state index contributed by atoms with van der Waals surface area (Å²) in [6.07, 6.45) is 0.822. The van der Waals surface area contributed by atoms with Crippen LogP contribution < -0.4 is 0 Å². The molecule has 1 heterocycles. The third-order valence-corrected chi connectivity index (χ3v) is 2.87. The first-order chi connectivity index (χ1) is 7.82. The fourth-order valence-electron chi connectivity index (χ4n) is 2.11. The Morgan fingerprint density at radius 3 is 2.18 bits per heavy atom. The largest absolute Gasteiger partial charge is 0.480 e. The highest BCUT2D eigenvalue weighted by molar-refractivity contribution is 6.01. The molecule has 0 bridgehead atoms. The van der Waals surface area contributed by atoms with Crippen molar-refractivity contribution in [2.45, 2.75) is 46.1 Å². The van der Waals surface area contributed by atoms with Crippen LogP contribution in [-0.4, -0.2) is 33.8 Å². The maximum Gasteiger partial charge on any atom is 0.326 e. The molecule has 5 nitrogen and oxygen atoms in total. The van der Waals surface area contributed by atoms with Gasteiger partial charge in [0.2, 0.25) is 11.8 Å². The summed E-state index contributed by atoms with van der Waals surface area (Å²) in [5, 5.41) is 9.13. The van der Waals surface area contributed by atoms with Gasteiger partial charge in [-0.05, 0) is 18.3 Å². The Hall–Kier alpha value is -1.39. The molecule has 5 heteroatoms. The number of nitrogens with zero attached hydrogens (tertiary/aromatic N) is 1. The second-order valence-electron chi connectivity index (χ2n) is 5.15. The lowest BCUT2D eigenvalue weighted by Gasteiger charge is -2.33. The predicted molar refractivity (Wildman–Crippen MR) is 61.1 cm³/mol. The second kappa shape index (κ2) is 5.29. The van der Waals surface area contributed by atoms with Gasteiger partial charge in [-0.2, -0.15) is 0 Å². The molecule has 0 aromatic heterocycles. The van der Waals surface area contributed by atoms with Crippen LogP contribution in [0.15, 0.2) is 0 Å². The first-order valence-electron chi connectivity index (χ1n) is 5.90. The van der Waals surface area contributed by atoms with Crippen molar-refractivity contribution in [3.8, 4) is 0 Å². The van der Waals surface area contributed by atoms with E-state index >= 15 is 0 Å². The lowest BCUT2D eigenvalue weighted by molar-refractivity contribution is -0.162. The number of amides is 2. The molecular weight excluding hydrogens is 222 g/mol. The van der Waals surface area contributed by atoms with Crippen molar-refractivity contribution in [2.24, 2.45) is 11.8 Å². The number of carbonyl (C=O) groups excluding carboxylic acids is 2. The van der Waals surface area contributed by atoms with E-state index < -0.39 is 12.0 Å². The third kappa shape index (κ3) is 3.28. The zero-order chi connectivity index (χ0) is 13.2. The van der Waals surface area contributed by atoms with Gasteiger partial charge in [0, 0.05) is 12.8 Å². The van der Waals surface area contributed by atoms with Crippen LogP contribution in [0.3, 0.4) is 0 Å². The summed E-state index contributed by atoms with van der Waals surface area (Å²) in [4.78, 5) is 35.7. The van der Waals surface area contributed by atoms with E-state index in [1.807, 2.05) is 20.8 Å². The number of hydrogen-bond donors (Lipinski definition) is 1. The molecule has 0 aliphatic carbocycles. The van der Waals surface area contributed by atoms with Crippen LogP contribution in [0.5, 0.6) is 0 Å². The molecule has 96 valence electrons. The fourth-order valence-corrected chi connectivity index (χ4v) is 2.11. The van der Waals surface area contributed by atoms with Gasteiger partial charge in [0.15, 0.2) is 0 Å². The zero-order valence-electron chi connectivity index (χ0n) is 10.5. The topological polar surface area (TPSA) is 74.7 Å². The Labute approximate surface area is 101 Å². The van der Waals surface area contributed by atoms with E-state index in [1.165, 1.54) is 0 Å². The van der Waals surface area contributed by atoms with E-state index in [4.69, 9.17) is 5.11 Å². The van der Waals surface area contributed by atoms with Crippen LogP contribution in [-0.2, 0) is 14.4 Å². The molecule has 1 aliphatic heterocycles. The normalized spacial score (nSPS) is 19.9. The fraction of sp³-hybridized carbons (Fsp3) is 0.750. The highest BCUT2D eigenvalue weighted by Crippen LogP contribution is 2.23. The summed E-state index contributed by atoms with van der Waals surface area (Å²) in [5.74, 6) is -1.69. The summed E-state index contributed by atoms with van der Waals surface area (Å²) >= 11 is 0. The maximum atomic E-state index is 11.8. The van der Waals surface area contributed by atoms with E-state index in [9.17, 15) is 14.4 Å². The lowest BCUT2D eigenvalue weighted by Crippen LogP contribution is -2.52. The molecule has 1 unspecified atom stereocenters. The van der Waals surface area contributed by atoms with Crippen LogP contribution in [0.1, 0.15) is 40.0 Å². The van der Waals surface area contributed by atoms with Crippen molar-refractivity contribution in [1.82, 2.24) is 4.90 Å². The molecule has 1 rings (SSSR count). The molecule has 1 saturated heterocycles. The quantitative estimate of drug-likeness (QED) is 0.752. The van der Waals surface area contributed by atoms with Gasteiger partial charge >= 0.3 is 5.97 Å². The van der Waals surface area contributed by atoms with Crippen molar-refractivity contribution in [3.05, 3.63) is 0 Å². The summed E-state index contributed by atoms with van der Waals surface area (Å²) in [6.45, 7) is 5.57. The van der Waals surface area contributed by atoms with Crippen molar-refractivity contribution < 1.29 is 19.5 Å². The maximum absolute atomic E-state index is 11.8. The number of imide groups is 1. The number of carbonyl (C=O) groups is 3. The summed E-state index contributed by atoms with van der Waals surface area (Å²) in [5.41, 5.74) is 0. The molecule has 1 N–H and O–H groups in total.